The molecule has 0 spiro atoms. The number of nitrogens with zero attached hydrogens (tertiary/aromatic N) is 1. The summed E-state index contributed by atoms with van der Waals surface area (Å²) < 4.78 is 5.08. The quantitative estimate of drug-likeness (QED) is 0.835. The fourth-order valence-electron chi connectivity index (χ4n) is 1.70. The third-order valence-electron chi connectivity index (χ3n) is 3.52. The fourth-order valence-corrected chi connectivity index (χ4v) is 1.70. The molecule has 0 fully saturated rings. The van der Waals surface area contributed by atoms with E-state index in [4.69, 9.17) is 9.63 Å². The number of carbonyl (C=O) groups excluding carboxylic acids is 1. The number of hydrogen-bond donors (Lipinski definition) is 2. The second-order valence-corrected chi connectivity index (χ2v) is 5.87. The van der Waals surface area contributed by atoms with Gasteiger partial charge in [-0.15, -0.1) is 0 Å². The average Bonchev–Trinajstić information content (AvgIpc) is 2.76. The summed E-state index contributed by atoms with van der Waals surface area (Å²) in [6, 6.07) is 1.58. The highest BCUT2D eigenvalue weighted by Gasteiger charge is 2.33. The molecular formula is C14H22N2O4. The molecule has 0 aliphatic rings. The first-order valence-corrected chi connectivity index (χ1v) is 6.66. The molecule has 1 aromatic heterocycles. The van der Waals surface area contributed by atoms with Gasteiger partial charge in [0.2, 0.25) is 0 Å². The maximum Gasteiger partial charge on any atom is 0.305 e. The fraction of sp³-hybridized carbons (Fsp3) is 0.643. The Morgan fingerprint density at radius 3 is 2.40 bits per heavy atom. The van der Waals surface area contributed by atoms with Crippen LogP contribution in [0.25, 0.3) is 0 Å². The van der Waals surface area contributed by atoms with Crippen molar-refractivity contribution in [2.45, 2.75) is 52.5 Å². The van der Waals surface area contributed by atoms with Gasteiger partial charge < -0.3 is 14.9 Å². The van der Waals surface area contributed by atoms with Crippen molar-refractivity contribution in [2.24, 2.45) is 5.92 Å². The molecule has 112 valence electrons. The molecule has 2 N–H and O–H groups in total. The molecule has 1 rings (SSSR count). The van der Waals surface area contributed by atoms with Gasteiger partial charge >= 0.3 is 5.97 Å². The zero-order chi connectivity index (χ0) is 15.5. The molecule has 0 aromatic carbocycles. The van der Waals surface area contributed by atoms with Crippen molar-refractivity contribution >= 4 is 11.9 Å². The standard InChI is InChI=1S/C14H22N2O4/c1-8(2)11-6-10(16-20-11)13(19)15-14(5,9(3)4)7-12(17)18/h6,8-9H,7H2,1-5H3,(H,15,19)(H,17,18). The number of rotatable bonds is 6. The summed E-state index contributed by atoms with van der Waals surface area (Å²) in [6.07, 6.45) is -0.148. The lowest BCUT2D eigenvalue weighted by Crippen LogP contribution is -2.51. The molecule has 1 amide bonds. The Morgan fingerprint density at radius 2 is 2.00 bits per heavy atom. The van der Waals surface area contributed by atoms with E-state index in [2.05, 4.69) is 10.5 Å². The molecule has 1 atom stereocenters. The molecule has 1 unspecified atom stereocenters. The van der Waals surface area contributed by atoms with E-state index in [1.807, 2.05) is 27.7 Å². The van der Waals surface area contributed by atoms with E-state index in [9.17, 15) is 9.59 Å². The molecule has 6 nitrogen and oxygen atoms in total. The Bertz CT molecular complexity index is 493. The Kier molecular flexibility index (Phi) is 4.92. The number of carbonyl (C=O) groups is 2. The summed E-state index contributed by atoms with van der Waals surface area (Å²) in [5.41, 5.74) is -0.661. The summed E-state index contributed by atoms with van der Waals surface area (Å²) in [5.74, 6) is -0.638. The number of carboxylic acid groups (broad SMARTS) is 1. The second-order valence-electron chi connectivity index (χ2n) is 5.87. The molecule has 1 aromatic rings. The maximum atomic E-state index is 12.2. The van der Waals surface area contributed by atoms with Gasteiger partial charge in [0.05, 0.1) is 12.0 Å². The molecule has 0 bridgehead atoms. The lowest BCUT2D eigenvalue weighted by molar-refractivity contribution is -0.138. The number of hydrogen-bond acceptors (Lipinski definition) is 4. The minimum atomic E-state index is -0.954. The van der Waals surface area contributed by atoms with Gasteiger partial charge in [0.15, 0.2) is 5.69 Å². The summed E-state index contributed by atoms with van der Waals surface area (Å²) >= 11 is 0. The van der Waals surface area contributed by atoms with Gasteiger partial charge in [-0.3, -0.25) is 9.59 Å². The maximum absolute atomic E-state index is 12.2. The highest BCUT2D eigenvalue weighted by atomic mass is 16.5. The smallest absolute Gasteiger partial charge is 0.305 e. The van der Waals surface area contributed by atoms with Crippen molar-refractivity contribution in [3.63, 3.8) is 0 Å². The van der Waals surface area contributed by atoms with Gasteiger partial charge in [-0.25, -0.2) is 0 Å². The Hall–Kier alpha value is -1.85. The van der Waals surface area contributed by atoms with Crippen LogP contribution in [0.5, 0.6) is 0 Å². The van der Waals surface area contributed by atoms with Crippen LogP contribution in [0.1, 0.15) is 63.2 Å². The lowest BCUT2D eigenvalue weighted by atomic mass is 9.85. The average molecular weight is 282 g/mol. The van der Waals surface area contributed by atoms with Gasteiger partial charge in [0.1, 0.15) is 5.76 Å². The third kappa shape index (κ3) is 3.82. The van der Waals surface area contributed by atoms with Crippen LogP contribution in [-0.2, 0) is 4.79 Å². The van der Waals surface area contributed by atoms with E-state index in [-0.39, 0.29) is 24.0 Å². The van der Waals surface area contributed by atoms with E-state index in [1.165, 1.54) is 0 Å². The molecule has 6 heteroatoms. The van der Waals surface area contributed by atoms with Gasteiger partial charge in [-0.05, 0) is 12.8 Å². The minimum Gasteiger partial charge on any atom is -0.481 e. The van der Waals surface area contributed by atoms with Crippen LogP contribution in [0.2, 0.25) is 0 Å². The first-order valence-electron chi connectivity index (χ1n) is 6.66. The first-order chi connectivity index (χ1) is 9.15. The number of carboxylic acids is 1. The van der Waals surface area contributed by atoms with Crippen LogP contribution in [0.15, 0.2) is 10.6 Å². The van der Waals surface area contributed by atoms with E-state index >= 15 is 0 Å². The van der Waals surface area contributed by atoms with Crippen LogP contribution >= 0.6 is 0 Å². The Balaban J connectivity index is 2.87. The number of amides is 1. The Labute approximate surface area is 118 Å². The zero-order valence-electron chi connectivity index (χ0n) is 12.6. The topological polar surface area (TPSA) is 92.4 Å². The monoisotopic (exact) mass is 282 g/mol. The summed E-state index contributed by atoms with van der Waals surface area (Å²) in [4.78, 5) is 23.1. The van der Waals surface area contributed by atoms with Crippen molar-refractivity contribution < 1.29 is 19.2 Å². The third-order valence-corrected chi connectivity index (χ3v) is 3.52. The molecule has 0 aliphatic carbocycles. The molecule has 20 heavy (non-hydrogen) atoms. The van der Waals surface area contributed by atoms with Gasteiger partial charge in [-0.1, -0.05) is 32.9 Å². The summed E-state index contributed by atoms with van der Waals surface area (Å²) in [5, 5.41) is 15.4. The van der Waals surface area contributed by atoms with Crippen LogP contribution < -0.4 is 5.32 Å². The molecule has 1 heterocycles. The first kappa shape index (κ1) is 16.2. The van der Waals surface area contributed by atoms with Gasteiger partial charge in [0, 0.05) is 12.0 Å². The number of aromatic nitrogens is 1. The lowest BCUT2D eigenvalue weighted by Gasteiger charge is -2.33. The van der Waals surface area contributed by atoms with Crippen LogP contribution in [0, 0.1) is 5.92 Å². The predicted octanol–water partition coefficient (Wildman–Crippen LogP) is 2.42. The van der Waals surface area contributed by atoms with Crippen molar-refractivity contribution in [3.8, 4) is 0 Å². The van der Waals surface area contributed by atoms with Crippen molar-refractivity contribution in [2.75, 3.05) is 0 Å². The minimum absolute atomic E-state index is 0.0287. The number of nitrogens with one attached hydrogen (secondary N) is 1. The largest absolute Gasteiger partial charge is 0.481 e. The molecule has 0 saturated heterocycles. The van der Waals surface area contributed by atoms with E-state index < -0.39 is 17.4 Å². The van der Waals surface area contributed by atoms with Crippen LogP contribution in [0.4, 0.5) is 0 Å². The van der Waals surface area contributed by atoms with Gasteiger partial charge in [0.25, 0.3) is 5.91 Å². The van der Waals surface area contributed by atoms with Crippen molar-refractivity contribution in [3.05, 3.63) is 17.5 Å². The normalized spacial score (nSPS) is 14.3. The van der Waals surface area contributed by atoms with Crippen LogP contribution in [0.3, 0.4) is 0 Å². The predicted molar refractivity (Wildman–Crippen MR) is 73.6 cm³/mol. The summed E-state index contributed by atoms with van der Waals surface area (Å²) in [7, 11) is 0. The SMILES string of the molecule is CC(C)c1cc(C(=O)NC(C)(CC(=O)O)C(C)C)no1. The van der Waals surface area contributed by atoms with E-state index in [1.54, 1.807) is 13.0 Å². The van der Waals surface area contributed by atoms with E-state index in [0.717, 1.165) is 0 Å². The molecule has 0 radical (unpaired) electrons. The zero-order valence-corrected chi connectivity index (χ0v) is 12.6. The van der Waals surface area contributed by atoms with Crippen molar-refractivity contribution in [1.29, 1.82) is 0 Å². The van der Waals surface area contributed by atoms with Crippen LogP contribution in [-0.4, -0.2) is 27.7 Å². The second kappa shape index (κ2) is 6.07. The highest BCUT2D eigenvalue weighted by molar-refractivity contribution is 5.93. The molecular weight excluding hydrogens is 260 g/mol. The van der Waals surface area contributed by atoms with Gasteiger partial charge in [-0.2, -0.15) is 0 Å². The summed E-state index contributed by atoms with van der Waals surface area (Å²) in [6.45, 7) is 9.32. The highest BCUT2D eigenvalue weighted by Crippen LogP contribution is 2.22. The van der Waals surface area contributed by atoms with E-state index in [0.29, 0.717) is 5.76 Å². The van der Waals surface area contributed by atoms with Crippen molar-refractivity contribution in [1.82, 2.24) is 10.5 Å². The number of aliphatic carboxylic acids is 1. The molecule has 0 saturated carbocycles. The molecule has 0 aliphatic heterocycles. The Morgan fingerprint density at radius 1 is 1.40 bits per heavy atom.